The first kappa shape index (κ1) is 44.1. The molecule has 0 saturated heterocycles. The lowest BCUT2D eigenvalue weighted by atomic mass is 10.0. The first-order valence-corrected chi connectivity index (χ1v) is 20.3. The van der Waals surface area contributed by atoms with Crippen molar-refractivity contribution in [2.45, 2.75) is 187 Å². The smallest absolute Gasteiger partial charge is 0.167 e. The summed E-state index contributed by atoms with van der Waals surface area (Å²) in [6, 6.07) is 10.9. The van der Waals surface area contributed by atoms with Crippen molar-refractivity contribution < 1.29 is 28.7 Å². The molecule has 0 aliphatic carbocycles. The summed E-state index contributed by atoms with van der Waals surface area (Å²) in [6.07, 6.45) is 50.1. The molecule has 1 aromatic rings. The molecule has 47 heavy (non-hydrogen) atoms. The maximum Gasteiger partial charge on any atom is 0.167 e. The summed E-state index contributed by atoms with van der Waals surface area (Å²) < 4.78 is 0.621. The average Bonchev–Trinajstić information content (AvgIpc) is 3.08. The molecule has 0 fully saturated rings. The quantitative estimate of drug-likeness (QED) is 0.0434. The molecule has 0 radical (unpaired) electrons. The van der Waals surface area contributed by atoms with Gasteiger partial charge in [-0.05, 0) is 36.6 Å². The van der Waals surface area contributed by atoms with Crippen molar-refractivity contribution in [1.29, 1.82) is 0 Å². The molecule has 1 aliphatic heterocycles. The molecular weight excluding hydrogens is 685 g/mol. The van der Waals surface area contributed by atoms with Gasteiger partial charge in [-0.2, -0.15) is 0 Å². The Labute approximate surface area is 310 Å². The number of halogens is 1. The Morgan fingerprint density at radius 1 is 0.511 bits per heavy atom. The Balaban J connectivity index is 0.0000110. The first-order chi connectivity index (χ1) is 22.8. The molecule has 1 atom stereocenters. The zero-order chi connectivity index (χ0) is 32.6. The molecule has 270 valence electrons. The van der Waals surface area contributed by atoms with Gasteiger partial charge in [0, 0.05) is 13.1 Å². The Kier molecular flexibility index (Phi) is 30.3. The molecule has 0 saturated carbocycles. The molecule has 4 heteroatoms. The van der Waals surface area contributed by atoms with Gasteiger partial charge in [0.05, 0.1) is 0 Å². The number of rotatable bonds is 32. The summed E-state index contributed by atoms with van der Waals surface area (Å²) in [5, 5.41) is 0. The summed E-state index contributed by atoms with van der Waals surface area (Å²) in [5.74, 6) is 0. The normalized spacial score (nSPS) is 15.4. The van der Waals surface area contributed by atoms with Crippen molar-refractivity contribution in [1.82, 2.24) is 10.9 Å². The zero-order valence-electron chi connectivity index (χ0n) is 31.1. The van der Waals surface area contributed by atoms with Crippen LogP contribution >= 0.6 is 0 Å². The Morgan fingerprint density at radius 2 is 0.894 bits per heavy atom. The van der Waals surface area contributed by atoms with Gasteiger partial charge in [-0.25, -0.2) is 0 Å². The van der Waals surface area contributed by atoms with Crippen LogP contribution in [0.15, 0.2) is 60.8 Å². The molecule has 3 nitrogen and oxygen atoms in total. The molecule has 2 rings (SSSR count). The molecule has 0 bridgehead atoms. The van der Waals surface area contributed by atoms with Crippen LogP contribution in [0.1, 0.15) is 186 Å². The van der Waals surface area contributed by atoms with Crippen LogP contribution in [-0.4, -0.2) is 23.8 Å². The van der Waals surface area contributed by atoms with E-state index in [1.54, 1.807) is 0 Å². The summed E-state index contributed by atoms with van der Waals surface area (Å²) in [7, 11) is 0. The van der Waals surface area contributed by atoms with E-state index in [0.717, 1.165) is 13.1 Å². The van der Waals surface area contributed by atoms with Crippen LogP contribution in [0.3, 0.4) is 0 Å². The number of unbranched alkanes of at least 4 members (excludes halogenated alkanes) is 24. The van der Waals surface area contributed by atoms with E-state index < -0.39 is 0 Å². The van der Waals surface area contributed by atoms with Crippen LogP contribution in [0, 0.1) is 0 Å². The van der Waals surface area contributed by atoms with Gasteiger partial charge in [0.2, 0.25) is 0 Å². The number of allylic oxidation sites excluding steroid dienone is 2. The number of quaternary nitrogens is 1. The van der Waals surface area contributed by atoms with Gasteiger partial charge < -0.3 is 24.0 Å². The van der Waals surface area contributed by atoms with Crippen molar-refractivity contribution in [3.8, 4) is 0 Å². The Morgan fingerprint density at radius 3 is 1.30 bits per heavy atom. The average molecular weight is 762 g/mol. The van der Waals surface area contributed by atoms with Crippen LogP contribution in [0.4, 0.5) is 0 Å². The summed E-state index contributed by atoms with van der Waals surface area (Å²) in [5.41, 5.74) is 9.15. The second-order valence-corrected chi connectivity index (χ2v) is 14.1. The predicted octanol–water partition coefficient (Wildman–Crippen LogP) is 10.2. The standard InChI is InChI=1S/C43H76N3.HI/c1-3-5-7-9-11-13-15-17-19-21-23-25-31-39-44-46(41-33-30-36-43(46)38-37-42-34-28-27-29-35-42)45-40-32-26-24-22-20-18-16-14-12-10-8-6-4-2;/h27-30,33-38,41,43-45H,3-26,31-32,39-40H2,1-2H3;1H/q+1;/p-1. The molecule has 1 aromatic carbocycles. The molecule has 0 amide bonds. The van der Waals surface area contributed by atoms with E-state index in [4.69, 9.17) is 0 Å². The lowest BCUT2D eigenvalue weighted by Gasteiger charge is -2.39. The molecule has 1 aliphatic rings. The Hall–Kier alpha value is -0.950. The highest BCUT2D eigenvalue weighted by atomic mass is 127. The van der Waals surface area contributed by atoms with Crippen LogP contribution in [0.2, 0.25) is 0 Å². The topological polar surface area (TPSA) is 24.1 Å². The number of nitrogens with one attached hydrogen (secondary N) is 2. The van der Waals surface area contributed by atoms with E-state index in [9.17, 15) is 0 Å². The monoisotopic (exact) mass is 762 g/mol. The minimum Gasteiger partial charge on any atom is -1.00 e. The minimum absolute atomic E-state index is 0. The van der Waals surface area contributed by atoms with Gasteiger partial charge in [0.15, 0.2) is 6.04 Å². The highest BCUT2D eigenvalue weighted by molar-refractivity contribution is 5.49. The van der Waals surface area contributed by atoms with Gasteiger partial charge in [-0.15, -0.1) is 15.6 Å². The van der Waals surface area contributed by atoms with E-state index >= 15 is 0 Å². The summed E-state index contributed by atoms with van der Waals surface area (Å²) >= 11 is 0. The molecular formula is C43H76IN3. The van der Waals surface area contributed by atoms with E-state index in [2.05, 4.69) is 91.6 Å². The number of nitrogens with zero attached hydrogens (tertiary/aromatic N) is 1. The number of hydrogen-bond acceptors (Lipinski definition) is 2. The highest BCUT2D eigenvalue weighted by Crippen LogP contribution is 2.19. The van der Waals surface area contributed by atoms with Crippen molar-refractivity contribution in [2.24, 2.45) is 0 Å². The van der Waals surface area contributed by atoms with Crippen LogP contribution < -0.4 is 34.8 Å². The summed E-state index contributed by atoms with van der Waals surface area (Å²) in [6.45, 7) is 6.68. The van der Waals surface area contributed by atoms with E-state index in [0.29, 0.717) is 4.70 Å². The van der Waals surface area contributed by atoms with Gasteiger partial charge >= 0.3 is 0 Å². The highest BCUT2D eigenvalue weighted by Gasteiger charge is 2.34. The Bertz CT molecular complexity index is 848. The van der Waals surface area contributed by atoms with Gasteiger partial charge in [0.1, 0.15) is 6.20 Å². The van der Waals surface area contributed by atoms with Gasteiger partial charge in [-0.3, -0.25) is 0 Å². The van der Waals surface area contributed by atoms with E-state index in [1.807, 2.05) is 0 Å². The second-order valence-electron chi connectivity index (χ2n) is 14.1. The number of hydrogen-bond donors (Lipinski definition) is 2. The van der Waals surface area contributed by atoms with Crippen molar-refractivity contribution in [2.75, 3.05) is 13.1 Å². The molecule has 1 unspecified atom stereocenters. The third-order valence-corrected chi connectivity index (χ3v) is 9.80. The zero-order valence-corrected chi connectivity index (χ0v) is 33.2. The van der Waals surface area contributed by atoms with Gasteiger partial charge in [0.25, 0.3) is 0 Å². The van der Waals surface area contributed by atoms with Crippen molar-refractivity contribution >= 4 is 6.08 Å². The number of benzene rings is 1. The third kappa shape index (κ3) is 23.2. The molecule has 0 spiro atoms. The molecule has 0 aromatic heterocycles. The van der Waals surface area contributed by atoms with Gasteiger partial charge in [-0.1, -0.05) is 210 Å². The minimum atomic E-state index is 0. The molecule has 1 heterocycles. The van der Waals surface area contributed by atoms with Crippen LogP contribution in [-0.2, 0) is 0 Å². The predicted molar refractivity (Wildman–Crippen MR) is 205 cm³/mol. The van der Waals surface area contributed by atoms with Crippen LogP contribution in [0.5, 0.6) is 0 Å². The van der Waals surface area contributed by atoms with E-state index in [1.165, 1.54) is 173 Å². The fraction of sp³-hybridized carbons (Fsp3) is 0.721. The molecule has 2 N–H and O–H groups in total. The lowest BCUT2D eigenvalue weighted by Crippen LogP contribution is -3.00. The summed E-state index contributed by atoms with van der Waals surface area (Å²) in [4.78, 5) is 0. The fourth-order valence-corrected chi connectivity index (χ4v) is 6.76. The fourth-order valence-electron chi connectivity index (χ4n) is 6.76. The SMILES string of the molecule is CCCCCCCCCCCCCCCN[N+]1(NCCCCCCCCCCCCCCC)C=CC=CC1C=Cc1ccccc1.[I-]. The van der Waals surface area contributed by atoms with Crippen molar-refractivity contribution in [3.63, 3.8) is 0 Å². The van der Waals surface area contributed by atoms with E-state index in [-0.39, 0.29) is 30.0 Å². The maximum absolute atomic E-state index is 3.94. The largest absolute Gasteiger partial charge is 1.00 e. The van der Waals surface area contributed by atoms with Crippen LogP contribution in [0.25, 0.3) is 6.08 Å². The second kappa shape index (κ2) is 32.3. The third-order valence-electron chi connectivity index (χ3n) is 9.80. The first-order valence-electron chi connectivity index (χ1n) is 20.3. The maximum atomic E-state index is 3.94. The lowest BCUT2D eigenvalue weighted by molar-refractivity contribution is -0.976. The van der Waals surface area contributed by atoms with Crippen molar-refractivity contribution in [3.05, 3.63) is 66.4 Å².